The van der Waals surface area contributed by atoms with Gasteiger partial charge in [0.1, 0.15) is 0 Å². The molecule has 0 radical (unpaired) electrons. The Morgan fingerprint density at radius 1 is 0.717 bits per heavy atom. The van der Waals surface area contributed by atoms with E-state index in [9.17, 15) is 19.2 Å². The Balaban J connectivity index is 1.19. The number of fused-ring (bicyclic) bond motifs is 1. The summed E-state index contributed by atoms with van der Waals surface area (Å²) < 4.78 is 31.7. The third kappa shape index (κ3) is 7.39. The minimum Gasteiger partial charge on any atom is -0.493 e. The standard InChI is InChI=1S/C33H27N3O10/c1-19(37)45-26-12-8-22(15-29(26)42-3)31(38)35-24-6-4-5-21(14-24)32(39)36-34-17-20-7-10-27(28(13-20)41-2)46-33(40)23-9-11-25-30(16-23)44-18-43-25/h4-17H,18H2,1-3H3,(H,35,38)(H,36,39). The van der Waals surface area contributed by atoms with E-state index >= 15 is 0 Å². The third-order valence-electron chi connectivity index (χ3n) is 6.44. The molecule has 0 bridgehead atoms. The summed E-state index contributed by atoms with van der Waals surface area (Å²) in [4.78, 5) is 49.6. The first-order valence-corrected chi connectivity index (χ1v) is 13.6. The van der Waals surface area contributed by atoms with Crippen LogP contribution in [-0.2, 0) is 4.79 Å². The highest BCUT2D eigenvalue weighted by Gasteiger charge is 2.19. The molecular formula is C33H27N3O10. The van der Waals surface area contributed by atoms with Crippen LogP contribution in [-0.4, -0.2) is 51.0 Å². The highest BCUT2D eigenvalue weighted by molar-refractivity contribution is 6.05. The van der Waals surface area contributed by atoms with Gasteiger partial charge in [0, 0.05) is 23.7 Å². The Kier molecular flexibility index (Phi) is 9.42. The van der Waals surface area contributed by atoms with Crippen LogP contribution in [0.2, 0.25) is 0 Å². The van der Waals surface area contributed by atoms with Gasteiger partial charge in [0.2, 0.25) is 6.79 Å². The molecule has 0 atom stereocenters. The monoisotopic (exact) mass is 625 g/mol. The first-order chi connectivity index (χ1) is 22.2. The van der Waals surface area contributed by atoms with Gasteiger partial charge in [0.05, 0.1) is 26.0 Å². The fraction of sp³-hybridized carbons (Fsp3) is 0.121. The van der Waals surface area contributed by atoms with Crippen molar-refractivity contribution in [2.75, 3.05) is 26.3 Å². The highest BCUT2D eigenvalue weighted by Crippen LogP contribution is 2.34. The predicted molar refractivity (Wildman–Crippen MR) is 164 cm³/mol. The number of amides is 2. The lowest BCUT2D eigenvalue weighted by atomic mass is 10.1. The second-order valence-electron chi connectivity index (χ2n) is 9.56. The lowest BCUT2D eigenvalue weighted by Crippen LogP contribution is -2.18. The van der Waals surface area contributed by atoms with Gasteiger partial charge in [0.25, 0.3) is 11.8 Å². The number of hydrogen-bond donors (Lipinski definition) is 2. The van der Waals surface area contributed by atoms with E-state index in [2.05, 4.69) is 15.8 Å². The first-order valence-electron chi connectivity index (χ1n) is 13.6. The molecule has 2 amide bonds. The van der Waals surface area contributed by atoms with Crippen molar-refractivity contribution in [2.45, 2.75) is 6.92 Å². The maximum atomic E-state index is 12.8. The molecule has 13 heteroatoms. The zero-order valence-corrected chi connectivity index (χ0v) is 24.8. The van der Waals surface area contributed by atoms with Gasteiger partial charge in [-0.25, -0.2) is 10.2 Å². The van der Waals surface area contributed by atoms with E-state index in [1.165, 1.54) is 57.7 Å². The molecule has 0 aromatic heterocycles. The molecular weight excluding hydrogens is 598 g/mol. The average molecular weight is 626 g/mol. The fourth-order valence-corrected chi connectivity index (χ4v) is 4.25. The van der Waals surface area contributed by atoms with Crippen molar-refractivity contribution in [3.05, 3.63) is 101 Å². The van der Waals surface area contributed by atoms with Gasteiger partial charge in [0.15, 0.2) is 34.5 Å². The Bertz CT molecular complexity index is 1850. The molecule has 0 saturated heterocycles. The molecule has 2 N–H and O–H groups in total. The SMILES string of the molecule is COc1cc(C(=O)Nc2cccc(C(=O)NN=Cc3ccc(OC(=O)c4ccc5c(c4)OCO5)c(OC)c3)c2)ccc1OC(C)=O. The summed E-state index contributed by atoms with van der Waals surface area (Å²) in [5.74, 6) is -0.280. The lowest BCUT2D eigenvalue weighted by Gasteiger charge is -2.11. The molecule has 46 heavy (non-hydrogen) atoms. The molecule has 234 valence electrons. The van der Waals surface area contributed by atoms with Crippen LogP contribution in [0, 0.1) is 0 Å². The van der Waals surface area contributed by atoms with Gasteiger partial charge in [-0.15, -0.1) is 0 Å². The van der Waals surface area contributed by atoms with Crippen molar-refractivity contribution in [3.63, 3.8) is 0 Å². The van der Waals surface area contributed by atoms with E-state index in [1.807, 2.05) is 0 Å². The van der Waals surface area contributed by atoms with Crippen LogP contribution >= 0.6 is 0 Å². The number of nitrogens with one attached hydrogen (secondary N) is 2. The average Bonchev–Trinajstić information content (AvgIpc) is 3.53. The minimum absolute atomic E-state index is 0.0869. The van der Waals surface area contributed by atoms with E-state index in [-0.39, 0.29) is 46.5 Å². The maximum Gasteiger partial charge on any atom is 0.343 e. The van der Waals surface area contributed by atoms with Gasteiger partial charge in [-0.05, 0) is 78.4 Å². The van der Waals surface area contributed by atoms with Crippen LogP contribution in [0.4, 0.5) is 5.69 Å². The van der Waals surface area contributed by atoms with Gasteiger partial charge in [-0.2, -0.15) is 5.10 Å². The van der Waals surface area contributed by atoms with Crippen LogP contribution in [0.25, 0.3) is 0 Å². The number of hydrazone groups is 1. The van der Waals surface area contributed by atoms with Crippen molar-refractivity contribution in [1.29, 1.82) is 0 Å². The Morgan fingerprint density at radius 3 is 2.20 bits per heavy atom. The van der Waals surface area contributed by atoms with Crippen LogP contribution in [0.1, 0.15) is 43.6 Å². The summed E-state index contributed by atoms with van der Waals surface area (Å²) in [7, 11) is 2.82. The molecule has 1 aliphatic rings. The van der Waals surface area contributed by atoms with E-state index in [0.29, 0.717) is 22.7 Å². The summed E-state index contributed by atoms with van der Waals surface area (Å²) in [6.07, 6.45) is 1.39. The van der Waals surface area contributed by atoms with Crippen molar-refractivity contribution in [3.8, 4) is 34.5 Å². The van der Waals surface area contributed by atoms with Crippen LogP contribution in [0.5, 0.6) is 34.5 Å². The quantitative estimate of drug-likeness (QED) is 0.110. The van der Waals surface area contributed by atoms with E-state index in [1.54, 1.807) is 48.5 Å². The van der Waals surface area contributed by atoms with Crippen LogP contribution in [0.3, 0.4) is 0 Å². The molecule has 1 heterocycles. The molecule has 4 aromatic carbocycles. The Hall–Kier alpha value is -6.37. The van der Waals surface area contributed by atoms with Crippen LogP contribution < -0.4 is 39.2 Å². The topological polar surface area (TPSA) is 160 Å². The summed E-state index contributed by atoms with van der Waals surface area (Å²) in [5, 5.41) is 6.72. The summed E-state index contributed by atoms with van der Waals surface area (Å²) in [6, 6.07) is 20.1. The predicted octanol–water partition coefficient (Wildman–Crippen LogP) is 4.59. The number of nitrogens with zero attached hydrogens (tertiary/aromatic N) is 1. The van der Waals surface area contributed by atoms with E-state index < -0.39 is 23.8 Å². The van der Waals surface area contributed by atoms with Crippen molar-refractivity contribution >= 4 is 35.7 Å². The molecule has 0 saturated carbocycles. The largest absolute Gasteiger partial charge is 0.493 e. The number of benzene rings is 4. The second-order valence-corrected chi connectivity index (χ2v) is 9.56. The van der Waals surface area contributed by atoms with Crippen molar-refractivity contribution in [2.24, 2.45) is 5.10 Å². The van der Waals surface area contributed by atoms with Gasteiger partial charge < -0.3 is 33.7 Å². The number of rotatable bonds is 10. The molecule has 0 fully saturated rings. The normalized spacial score (nSPS) is 11.5. The maximum absolute atomic E-state index is 12.8. The smallest absolute Gasteiger partial charge is 0.343 e. The molecule has 0 unspecified atom stereocenters. The highest BCUT2D eigenvalue weighted by atomic mass is 16.7. The zero-order valence-electron chi connectivity index (χ0n) is 24.8. The molecule has 0 aliphatic carbocycles. The summed E-state index contributed by atoms with van der Waals surface area (Å²) >= 11 is 0. The van der Waals surface area contributed by atoms with Crippen molar-refractivity contribution in [1.82, 2.24) is 5.43 Å². The molecule has 13 nitrogen and oxygen atoms in total. The second kappa shape index (κ2) is 13.9. The number of ether oxygens (including phenoxy) is 6. The minimum atomic E-state index is -0.611. The van der Waals surface area contributed by atoms with Gasteiger partial charge >= 0.3 is 11.9 Å². The summed E-state index contributed by atoms with van der Waals surface area (Å²) in [6.45, 7) is 1.34. The number of anilines is 1. The zero-order chi connectivity index (χ0) is 32.6. The van der Waals surface area contributed by atoms with Gasteiger partial charge in [-0.1, -0.05) is 6.07 Å². The van der Waals surface area contributed by atoms with E-state index in [4.69, 9.17) is 28.4 Å². The Morgan fingerprint density at radius 2 is 1.41 bits per heavy atom. The Labute approximate surface area is 262 Å². The van der Waals surface area contributed by atoms with Crippen molar-refractivity contribution < 1.29 is 47.6 Å². The number of carbonyl (C=O) groups is 4. The number of methoxy groups -OCH3 is 2. The number of carbonyl (C=O) groups excluding carboxylic acids is 4. The molecule has 1 aliphatic heterocycles. The lowest BCUT2D eigenvalue weighted by molar-refractivity contribution is -0.132. The molecule has 4 aromatic rings. The van der Waals surface area contributed by atoms with Crippen LogP contribution in [0.15, 0.2) is 84.0 Å². The third-order valence-corrected chi connectivity index (χ3v) is 6.44. The fourth-order valence-electron chi connectivity index (χ4n) is 4.25. The van der Waals surface area contributed by atoms with E-state index in [0.717, 1.165) is 0 Å². The van der Waals surface area contributed by atoms with Gasteiger partial charge in [-0.3, -0.25) is 14.4 Å². The molecule has 0 spiro atoms. The molecule has 5 rings (SSSR count). The summed E-state index contributed by atoms with van der Waals surface area (Å²) in [5.41, 5.74) is 4.11. The first kappa shape index (κ1) is 31.1. The number of hydrogen-bond acceptors (Lipinski definition) is 11. The number of esters is 2.